The first kappa shape index (κ1) is 11.5. The van der Waals surface area contributed by atoms with E-state index in [-0.39, 0.29) is 17.4 Å². The standard InChI is InChI=1S/C14H23NO2/c1-17-13(16)5-12(15)14-6-9-2-10(7-14)4-11(3-9)8-14/h9-12H,2-8,15H2,1H3/t9?,10?,11?,12-,14?/m1/s1. The Morgan fingerprint density at radius 2 is 1.71 bits per heavy atom. The summed E-state index contributed by atoms with van der Waals surface area (Å²) < 4.78 is 4.77. The molecule has 0 aromatic heterocycles. The van der Waals surface area contributed by atoms with E-state index >= 15 is 0 Å². The third-order valence-electron chi connectivity index (χ3n) is 5.49. The Kier molecular flexibility index (Phi) is 2.69. The Labute approximate surface area is 103 Å². The van der Waals surface area contributed by atoms with Crippen LogP contribution in [0.5, 0.6) is 0 Å². The quantitative estimate of drug-likeness (QED) is 0.765. The van der Waals surface area contributed by atoms with Crippen molar-refractivity contribution < 1.29 is 9.53 Å². The molecule has 0 saturated heterocycles. The van der Waals surface area contributed by atoms with E-state index in [9.17, 15) is 4.79 Å². The van der Waals surface area contributed by atoms with Crippen molar-refractivity contribution in [3.05, 3.63) is 0 Å². The molecule has 0 aromatic rings. The Bertz CT molecular complexity index is 291. The van der Waals surface area contributed by atoms with Crippen LogP contribution in [0.2, 0.25) is 0 Å². The van der Waals surface area contributed by atoms with Crippen LogP contribution < -0.4 is 5.73 Å². The minimum absolute atomic E-state index is 0.0170. The summed E-state index contributed by atoms with van der Waals surface area (Å²) in [6.45, 7) is 0. The lowest BCUT2D eigenvalue weighted by Crippen LogP contribution is -2.55. The Hall–Kier alpha value is -0.570. The van der Waals surface area contributed by atoms with Crippen molar-refractivity contribution in [1.29, 1.82) is 0 Å². The second kappa shape index (κ2) is 3.98. The topological polar surface area (TPSA) is 52.3 Å². The van der Waals surface area contributed by atoms with Crippen LogP contribution in [-0.4, -0.2) is 19.1 Å². The Balaban J connectivity index is 1.75. The molecule has 4 aliphatic carbocycles. The molecule has 0 aliphatic heterocycles. The predicted molar refractivity (Wildman–Crippen MR) is 65.2 cm³/mol. The lowest BCUT2D eigenvalue weighted by atomic mass is 9.47. The fourth-order valence-corrected chi connectivity index (χ4v) is 5.11. The van der Waals surface area contributed by atoms with E-state index in [1.807, 2.05) is 0 Å². The summed E-state index contributed by atoms with van der Waals surface area (Å²) >= 11 is 0. The van der Waals surface area contributed by atoms with E-state index in [4.69, 9.17) is 10.5 Å². The van der Waals surface area contributed by atoms with Gasteiger partial charge in [-0.2, -0.15) is 0 Å². The van der Waals surface area contributed by atoms with E-state index in [1.165, 1.54) is 45.6 Å². The van der Waals surface area contributed by atoms with Gasteiger partial charge in [-0.25, -0.2) is 0 Å². The largest absolute Gasteiger partial charge is 0.469 e. The highest BCUT2D eigenvalue weighted by molar-refractivity contribution is 5.70. The molecule has 4 saturated carbocycles. The van der Waals surface area contributed by atoms with Gasteiger partial charge in [0, 0.05) is 6.04 Å². The van der Waals surface area contributed by atoms with Gasteiger partial charge in [0.2, 0.25) is 0 Å². The number of nitrogens with two attached hydrogens (primary N) is 1. The fraction of sp³-hybridized carbons (Fsp3) is 0.929. The normalized spacial score (nSPS) is 44.7. The molecule has 4 rings (SSSR count). The van der Waals surface area contributed by atoms with Crippen LogP contribution in [-0.2, 0) is 9.53 Å². The summed E-state index contributed by atoms with van der Waals surface area (Å²) in [6.07, 6.45) is 8.45. The summed E-state index contributed by atoms with van der Waals surface area (Å²) in [5.41, 5.74) is 6.62. The van der Waals surface area contributed by atoms with Crippen molar-refractivity contribution in [2.45, 2.75) is 51.0 Å². The summed E-state index contributed by atoms with van der Waals surface area (Å²) in [6, 6.07) is 0.0170. The molecule has 3 nitrogen and oxygen atoms in total. The van der Waals surface area contributed by atoms with Gasteiger partial charge in [-0.1, -0.05) is 0 Å². The number of carbonyl (C=O) groups excluding carboxylic acids is 1. The van der Waals surface area contributed by atoms with Crippen LogP contribution in [0.1, 0.15) is 44.9 Å². The second-order valence-electron chi connectivity index (χ2n) is 6.67. The fourth-order valence-electron chi connectivity index (χ4n) is 5.11. The summed E-state index contributed by atoms with van der Waals surface area (Å²) in [7, 11) is 1.45. The number of hydrogen-bond acceptors (Lipinski definition) is 3. The zero-order valence-electron chi connectivity index (χ0n) is 10.7. The smallest absolute Gasteiger partial charge is 0.307 e. The van der Waals surface area contributed by atoms with E-state index in [1.54, 1.807) is 0 Å². The minimum atomic E-state index is -0.145. The van der Waals surface area contributed by atoms with E-state index in [0.717, 1.165) is 17.8 Å². The molecule has 0 spiro atoms. The number of methoxy groups -OCH3 is 1. The summed E-state index contributed by atoms with van der Waals surface area (Å²) in [4.78, 5) is 11.4. The van der Waals surface area contributed by atoms with Gasteiger partial charge in [0.25, 0.3) is 0 Å². The number of rotatable bonds is 3. The van der Waals surface area contributed by atoms with Crippen molar-refractivity contribution in [2.75, 3.05) is 7.11 Å². The molecular formula is C14H23NO2. The SMILES string of the molecule is COC(=O)C[C@@H](N)C12CC3CC(CC(C3)C1)C2. The Morgan fingerprint density at radius 1 is 1.24 bits per heavy atom. The van der Waals surface area contributed by atoms with E-state index in [2.05, 4.69) is 0 Å². The molecule has 96 valence electrons. The molecule has 0 radical (unpaired) electrons. The average molecular weight is 237 g/mol. The van der Waals surface area contributed by atoms with Crippen molar-refractivity contribution in [1.82, 2.24) is 0 Å². The minimum Gasteiger partial charge on any atom is -0.469 e. The summed E-state index contributed by atoms with van der Waals surface area (Å²) in [5, 5.41) is 0. The van der Waals surface area contributed by atoms with Gasteiger partial charge in [0.05, 0.1) is 13.5 Å². The molecular weight excluding hydrogens is 214 g/mol. The zero-order valence-corrected chi connectivity index (χ0v) is 10.7. The monoisotopic (exact) mass is 237 g/mol. The van der Waals surface area contributed by atoms with Crippen LogP contribution in [0.4, 0.5) is 0 Å². The summed E-state index contributed by atoms with van der Waals surface area (Å²) in [5.74, 6) is 2.54. The molecule has 2 N–H and O–H groups in total. The molecule has 0 amide bonds. The first-order valence-electron chi connectivity index (χ1n) is 6.94. The molecule has 1 atom stereocenters. The van der Waals surface area contributed by atoms with E-state index in [0.29, 0.717) is 6.42 Å². The number of esters is 1. The predicted octanol–water partition coefficient (Wildman–Crippen LogP) is 2.09. The van der Waals surface area contributed by atoms with Gasteiger partial charge in [-0.3, -0.25) is 4.79 Å². The Morgan fingerprint density at radius 3 is 2.12 bits per heavy atom. The third-order valence-corrected chi connectivity index (χ3v) is 5.49. The molecule has 0 heterocycles. The molecule has 4 bridgehead atoms. The van der Waals surface area contributed by atoms with Gasteiger partial charge >= 0.3 is 5.97 Å². The molecule has 17 heavy (non-hydrogen) atoms. The van der Waals surface area contributed by atoms with Gasteiger partial charge < -0.3 is 10.5 Å². The van der Waals surface area contributed by atoms with Gasteiger partial charge in [-0.15, -0.1) is 0 Å². The second-order valence-corrected chi connectivity index (χ2v) is 6.67. The van der Waals surface area contributed by atoms with Crippen LogP contribution in [0.3, 0.4) is 0 Å². The lowest BCUT2D eigenvalue weighted by Gasteiger charge is -2.58. The van der Waals surface area contributed by atoms with Crippen molar-refractivity contribution in [3.63, 3.8) is 0 Å². The highest BCUT2D eigenvalue weighted by Crippen LogP contribution is 2.61. The highest BCUT2D eigenvalue weighted by Gasteiger charge is 2.53. The van der Waals surface area contributed by atoms with Crippen LogP contribution >= 0.6 is 0 Å². The highest BCUT2D eigenvalue weighted by atomic mass is 16.5. The maximum Gasteiger partial charge on any atom is 0.307 e. The first-order chi connectivity index (χ1) is 8.11. The maximum absolute atomic E-state index is 11.4. The average Bonchev–Trinajstić information content (AvgIpc) is 2.26. The van der Waals surface area contributed by atoms with Crippen molar-refractivity contribution in [2.24, 2.45) is 28.9 Å². The lowest BCUT2D eigenvalue weighted by molar-refractivity contribution is -0.143. The zero-order chi connectivity index (χ0) is 12.0. The molecule has 0 unspecified atom stereocenters. The molecule has 4 aliphatic rings. The van der Waals surface area contributed by atoms with Gasteiger partial charge in [0.15, 0.2) is 0 Å². The third kappa shape index (κ3) is 1.88. The molecule has 4 fully saturated rings. The first-order valence-corrected chi connectivity index (χ1v) is 6.94. The van der Waals surface area contributed by atoms with Crippen molar-refractivity contribution in [3.8, 4) is 0 Å². The van der Waals surface area contributed by atoms with Crippen LogP contribution in [0.15, 0.2) is 0 Å². The number of carbonyl (C=O) groups is 1. The van der Waals surface area contributed by atoms with Crippen LogP contribution in [0, 0.1) is 23.2 Å². The van der Waals surface area contributed by atoms with Crippen LogP contribution in [0.25, 0.3) is 0 Å². The molecule has 0 aromatic carbocycles. The van der Waals surface area contributed by atoms with Crippen molar-refractivity contribution >= 4 is 5.97 Å². The number of ether oxygens (including phenoxy) is 1. The van der Waals surface area contributed by atoms with Gasteiger partial charge in [-0.05, 0) is 61.7 Å². The van der Waals surface area contributed by atoms with Gasteiger partial charge in [0.1, 0.15) is 0 Å². The number of hydrogen-bond donors (Lipinski definition) is 1. The molecule has 3 heteroatoms. The maximum atomic E-state index is 11.4. The van der Waals surface area contributed by atoms with E-state index < -0.39 is 0 Å².